The van der Waals surface area contributed by atoms with Gasteiger partial charge in [-0.3, -0.25) is 14.6 Å². The summed E-state index contributed by atoms with van der Waals surface area (Å²) in [5, 5.41) is 8.57. The molecule has 1 saturated heterocycles. The van der Waals surface area contributed by atoms with E-state index >= 15 is 0 Å². The van der Waals surface area contributed by atoms with Gasteiger partial charge in [0.2, 0.25) is 5.91 Å². The van der Waals surface area contributed by atoms with Crippen LogP contribution in [0, 0.1) is 11.3 Å². The van der Waals surface area contributed by atoms with Crippen molar-refractivity contribution in [3.8, 4) is 11.8 Å². The zero-order chi connectivity index (χ0) is 19.9. The van der Waals surface area contributed by atoms with Crippen molar-refractivity contribution in [1.29, 1.82) is 5.26 Å². The summed E-state index contributed by atoms with van der Waals surface area (Å²) in [5.41, 5.74) is 0.908. The first-order valence-electron chi connectivity index (χ1n) is 8.67. The van der Waals surface area contributed by atoms with Crippen LogP contribution in [0.15, 0.2) is 24.3 Å². The molecule has 1 aromatic rings. The van der Waals surface area contributed by atoms with E-state index in [1.807, 2.05) is 6.07 Å². The summed E-state index contributed by atoms with van der Waals surface area (Å²) in [5.74, 6) is -0.228. The number of carbonyl (C=O) groups is 1. The minimum absolute atomic E-state index is 0.000969. The summed E-state index contributed by atoms with van der Waals surface area (Å²) in [4.78, 5) is 17.9. The Morgan fingerprint density at radius 2 is 1.78 bits per heavy atom. The Hall–Kier alpha value is -2.31. The van der Waals surface area contributed by atoms with Crippen molar-refractivity contribution in [2.75, 3.05) is 46.3 Å². The fourth-order valence-electron chi connectivity index (χ4n) is 2.81. The van der Waals surface area contributed by atoms with Crippen molar-refractivity contribution in [2.45, 2.75) is 19.3 Å². The second-order valence-electron chi connectivity index (χ2n) is 6.47. The standard InChI is InChI=1S/C18H23F3N4O2/c1-23(8-2-7-22)17(26)14-25-11-9-24(10-12-25)13-15-3-5-16(6-4-15)27-18(19,20)21/h3-6H,2,8-14H2,1H3. The highest BCUT2D eigenvalue weighted by Crippen LogP contribution is 2.23. The number of likely N-dealkylation sites (N-methyl/N-ethyl adjacent to an activating group) is 1. The topological polar surface area (TPSA) is 59.8 Å². The number of carbonyl (C=O) groups excluding carboxylic acids is 1. The number of rotatable bonds is 7. The first-order chi connectivity index (χ1) is 12.8. The SMILES string of the molecule is CN(CCC#N)C(=O)CN1CCN(Cc2ccc(OC(F)(F)F)cc2)CC1. The molecule has 1 heterocycles. The predicted molar refractivity (Wildman–Crippen MR) is 92.7 cm³/mol. The average Bonchev–Trinajstić information content (AvgIpc) is 2.61. The molecule has 148 valence electrons. The van der Waals surface area contributed by atoms with Gasteiger partial charge in [0.05, 0.1) is 19.0 Å². The molecule has 0 aliphatic carbocycles. The molecule has 1 amide bonds. The Kier molecular flexibility index (Phi) is 7.45. The van der Waals surface area contributed by atoms with Gasteiger partial charge in [-0.05, 0) is 17.7 Å². The summed E-state index contributed by atoms with van der Waals surface area (Å²) >= 11 is 0. The van der Waals surface area contributed by atoms with Crippen LogP contribution < -0.4 is 4.74 Å². The molecule has 1 aromatic carbocycles. The van der Waals surface area contributed by atoms with Crippen molar-refractivity contribution in [2.24, 2.45) is 0 Å². The van der Waals surface area contributed by atoms with Crippen molar-refractivity contribution in [3.05, 3.63) is 29.8 Å². The van der Waals surface area contributed by atoms with E-state index in [-0.39, 0.29) is 11.7 Å². The van der Waals surface area contributed by atoms with Crippen molar-refractivity contribution < 1.29 is 22.7 Å². The lowest BCUT2D eigenvalue weighted by Crippen LogP contribution is -2.49. The van der Waals surface area contributed by atoms with E-state index < -0.39 is 6.36 Å². The summed E-state index contributed by atoms with van der Waals surface area (Å²) in [6.07, 6.45) is -4.36. The maximum atomic E-state index is 12.2. The molecule has 0 radical (unpaired) electrons. The molecule has 6 nitrogen and oxygen atoms in total. The zero-order valence-corrected chi connectivity index (χ0v) is 15.2. The minimum Gasteiger partial charge on any atom is -0.406 e. The van der Waals surface area contributed by atoms with Crippen LogP contribution >= 0.6 is 0 Å². The third-order valence-electron chi connectivity index (χ3n) is 4.37. The molecular formula is C18H23F3N4O2. The molecule has 27 heavy (non-hydrogen) atoms. The average molecular weight is 384 g/mol. The normalized spacial score (nSPS) is 16.0. The minimum atomic E-state index is -4.68. The number of hydrogen-bond donors (Lipinski definition) is 0. The molecule has 0 atom stereocenters. The van der Waals surface area contributed by atoms with E-state index in [9.17, 15) is 18.0 Å². The van der Waals surface area contributed by atoms with Gasteiger partial charge in [-0.15, -0.1) is 13.2 Å². The Morgan fingerprint density at radius 3 is 2.33 bits per heavy atom. The van der Waals surface area contributed by atoms with Gasteiger partial charge in [0.15, 0.2) is 0 Å². The van der Waals surface area contributed by atoms with Gasteiger partial charge in [-0.25, -0.2) is 0 Å². The smallest absolute Gasteiger partial charge is 0.406 e. The summed E-state index contributed by atoms with van der Waals surface area (Å²) in [6.45, 7) is 4.44. The third kappa shape index (κ3) is 7.45. The van der Waals surface area contributed by atoms with Crippen LogP contribution in [-0.2, 0) is 11.3 Å². The number of ether oxygens (including phenoxy) is 1. The molecule has 0 N–H and O–H groups in total. The summed E-state index contributed by atoms with van der Waals surface area (Å²) in [6, 6.07) is 7.90. The van der Waals surface area contributed by atoms with Gasteiger partial charge in [-0.2, -0.15) is 5.26 Å². The highest BCUT2D eigenvalue weighted by atomic mass is 19.4. The molecule has 9 heteroatoms. The molecule has 0 unspecified atom stereocenters. The number of halogens is 3. The largest absolute Gasteiger partial charge is 0.573 e. The van der Waals surface area contributed by atoms with E-state index in [0.29, 0.717) is 26.1 Å². The van der Waals surface area contributed by atoms with Gasteiger partial charge in [0.25, 0.3) is 0 Å². The second kappa shape index (κ2) is 9.58. The van der Waals surface area contributed by atoms with Gasteiger partial charge < -0.3 is 9.64 Å². The van der Waals surface area contributed by atoms with E-state index in [0.717, 1.165) is 31.7 Å². The molecule has 0 aromatic heterocycles. The number of hydrogen-bond acceptors (Lipinski definition) is 5. The maximum absolute atomic E-state index is 12.2. The number of alkyl halides is 3. The Bertz CT molecular complexity index is 650. The summed E-state index contributed by atoms with van der Waals surface area (Å²) in [7, 11) is 1.70. The molecule has 0 bridgehead atoms. The first kappa shape index (κ1) is 21.0. The second-order valence-corrected chi connectivity index (χ2v) is 6.47. The van der Waals surface area contributed by atoms with Gasteiger partial charge in [0, 0.05) is 46.3 Å². The summed E-state index contributed by atoms with van der Waals surface area (Å²) < 4.78 is 40.4. The first-order valence-corrected chi connectivity index (χ1v) is 8.67. The van der Waals surface area contributed by atoms with Crippen molar-refractivity contribution in [1.82, 2.24) is 14.7 Å². The molecule has 0 saturated carbocycles. The lowest BCUT2D eigenvalue weighted by atomic mass is 10.2. The molecule has 0 spiro atoms. The van der Waals surface area contributed by atoms with Gasteiger partial charge >= 0.3 is 6.36 Å². The number of nitriles is 1. The third-order valence-corrected chi connectivity index (χ3v) is 4.37. The fraction of sp³-hybridized carbons (Fsp3) is 0.556. The van der Waals surface area contributed by atoms with Crippen LogP contribution in [0.1, 0.15) is 12.0 Å². The maximum Gasteiger partial charge on any atom is 0.573 e. The van der Waals surface area contributed by atoms with Crippen LogP contribution in [0.2, 0.25) is 0 Å². The van der Waals surface area contributed by atoms with E-state index in [2.05, 4.69) is 14.5 Å². The highest BCUT2D eigenvalue weighted by Gasteiger charge is 2.31. The van der Waals surface area contributed by atoms with Crippen LogP contribution in [0.5, 0.6) is 5.75 Å². The number of amides is 1. The predicted octanol–water partition coefficient (Wildman–Crippen LogP) is 2.07. The molecule has 2 rings (SSSR count). The molecule has 1 aliphatic heterocycles. The molecular weight excluding hydrogens is 361 g/mol. The Labute approximate surface area is 156 Å². The van der Waals surface area contributed by atoms with E-state index in [1.54, 1.807) is 24.1 Å². The van der Waals surface area contributed by atoms with Crippen molar-refractivity contribution in [3.63, 3.8) is 0 Å². The lowest BCUT2D eigenvalue weighted by Gasteiger charge is -2.35. The highest BCUT2D eigenvalue weighted by molar-refractivity contribution is 5.78. The number of benzene rings is 1. The van der Waals surface area contributed by atoms with Crippen LogP contribution in [0.25, 0.3) is 0 Å². The van der Waals surface area contributed by atoms with E-state index in [4.69, 9.17) is 5.26 Å². The quantitative estimate of drug-likeness (QED) is 0.720. The van der Waals surface area contributed by atoms with Crippen LogP contribution in [0.3, 0.4) is 0 Å². The van der Waals surface area contributed by atoms with Gasteiger partial charge in [-0.1, -0.05) is 12.1 Å². The van der Waals surface area contributed by atoms with Crippen LogP contribution in [-0.4, -0.2) is 73.3 Å². The van der Waals surface area contributed by atoms with E-state index in [1.165, 1.54) is 12.1 Å². The Morgan fingerprint density at radius 1 is 1.19 bits per heavy atom. The van der Waals surface area contributed by atoms with Gasteiger partial charge in [0.1, 0.15) is 5.75 Å². The zero-order valence-electron chi connectivity index (χ0n) is 15.2. The molecule has 1 fully saturated rings. The lowest BCUT2D eigenvalue weighted by molar-refractivity contribution is -0.274. The fourth-order valence-corrected chi connectivity index (χ4v) is 2.81. The Balaban J connectivity index is 1.74. The molecule has 1 aliphatic rings. The number of nitrogens with zero attached hydrogens (tertiary/aromatic N) is 4. The van der Waals surface area contributed by atoms with Crippen LogP contribution in [0.4, 0.5) is 13.2 Å². The monoisotopic (exact) mass is 384 g/mol. The number of piperazine rings is 1. The van der Waals surface area contributed by atoms with Crippen molar-refractivity contribution >= 4 is 5.91 Å².